The smallest absolute Gasteiger partial charge is 0.251 e. The second-order valence-corrected chi connectivity index (χ2v) is 3.91. The van der Waals surface area contributed by atoms with Crippen LogP contribution in [0.25, 0.3) is 0 Å². The van der Waals surface area contributed by atoms with Crippen LogP contribution in [-0.4, -0.2) is 34.8 Å². The molecule has 0 saturated carbocycles. The van der Waals surface area contributed by atoms with Gasteiger partial charge in [0.1, 0.15) is 11.9 Å². The van der Waals surface area contributed by atoms with Crippen molar-refractivity contribution in [1.82, 2.24) is 9.88 Å². The molecule has 2 rings (SSSR count). The van der Waals surface area contributed by atoms with Crippen molar-refractivity contribution in [3.05, 3.63) is 23.9 Å². The molecule has 1 saturated heterocycles. The van der Waals surface area contributed by atoms with Crippen molar-refractivity contribution in [3.63, 3.8) is 0 Å². The Morgan fingerprint density at radius 3 is 2.81 bits per heavy atom. The summed E-state index contributed by atoms with van der Waals surface area (Å²) in [4.78, 5) is 28.2. The van der Waals surface area contributed by atoms with Crippen LogP contribution in [0.1, 0.15) is 12.0 Å². The first-order valence-electron chi connectivity index (χ1n) is 5.07. The number of aromatic nitrogens is 1. The van der Waals surface area contributed by atoms with E-state index in [1.54, 1.807) is 6.20 Å². The summed E-state index contributed by atoms with van der Waals surface area (Å²) < 4.78 is 0. The lowest BCUT2D eigenvalue weighted by atomic mass is 10.2. The molecule has 0 aliphatic carbocycles. The van der Waals surface area contributed by atoms with Crippen molar-refractivity contribution in [2.24, 2.45) is 0 Å². The van der Waals surface area contributed by atoms with Crippen LogP contribution in [-0.2, 0) is 9.59 Å². The molecule has 5 heteroatoms. The van der Waals surface area contributed by atoms with Gasteiger partial charge in [0.25, 0.3) is 5.91 Å². The Bertz CT molecular complexity index is 445. The molecule has 1 aliphatic heterocycles. The van der Waals surface area contributed by atoms with Crippen molar-refractivity contribution < 1.29 is 9.59 Å². The van der Waals surface area contributed by atoms with Gasteiger partial charge in [0, 0.05) is 13.2 Å². The van der Waals surface area contributed by atoms with E-state index in [9.17, 15) is 9.59 Å². The number of rotatable bonds is 2. The van der Waals surface area contributed by atoms with Crippen molar-refractivity contribution in [1.29, 1.82) is 0 Å². The van der Waals surface area contributed by atoms with E-state index >= 15 is 0 Å². The minimum absolute atomic E-state index is 0.157. The standard InChI is InChI=1S/C11H13N3O2/c1-7-3-4-12-9(5-7)13-8-6-10(15)14(2)11(8)16/h3-5,8H,6H2,1-2H3,(H,12,13). The summed E-state index contributed by atoms with van der Waals surface area (Å²) in [7, 11) is 1.50. The van der Waals surface area contributed by atoms with Crippen LogP contribution in [0.5, 0.6) is 0 Å². The number of imide groups is 1. The van der Waals surface area contributed by atoms with Crippen molar-refractivity contribution in [2.75, 3.05) is 12.4 Å². The quantitative estimate of drug-likeness (QED) is 0.738. The highest BCUT2D eigenvalue weighted by molar-refractivity contribution is 6.06. The van der Waals surface area contributed by atoms with E-state index in [1.807, 2.05) is 19.1 Å². The Hall–Kier alpha value is -1.91. The third kappa shape index (κ3) is 1.88. The summed E-state index contributed by atoms with van der Waals surface area (Å²) in [6, 6.07) is 3.24. The SMILES string of the molecule is Cc1ccnc(NC2CC(=O)N(C)C2=O)c1. The van der Waals surface area contributed by atoms with E-state index in [4.69, 9.17) is 0 Å². The zero-order valence-corrected chi connectivity index (χ0v) is 9.23. The molecule has 0 aromatic carbocycles. The molecule has 1 unspecified atom stereocenters. The average Bonchev–Trinajstić information content (AvgIpc) is 2.47. The lowest BCUT2D eigenvalue weighted by molar-refractivity contribution is -0.136. The predicted octanol–water partition coefficient (Wildman–Crippen LogP) is 0.559. The Kier molecular flexibility index (Phi) is 2.60. The van der Waals surface area contributed by atoms with E-state index in [1.165, 1.54) is 7.05 Å². The van der Waals surface area contributed by atoms with E-state index in [0.717, 1.165) is 10.5 Å². The maximum absolute atomic E-state index is 11.6. The van der Waals surface area contributed by atoms with Gasteiger partial charge in [-0.05, 0) is 24.6 Å². The van der Waals surface area contributed by atoms with Crippen molar-refractivity contribution >= 4 is 17.6 Å². The summed E-state index contributed by atoms with van der Waals surface area (Å²) in [5.74, 6) is 0.268. The molecule has 84 valence electrons. The highest BCUT2D eigenvalue weighted by atomic mass is 16.2. The number of hydrogen-bond donors (Lipinski definition) is 1. The van der Waals surface area contributed by atoms with E-state index in [2.05, 4.69) is 10.3 Å². The number of carbonyl (C=O) groups is 2. The van der Waals surface area contributed by atoms with Gasteiger partial charge in [-0.3, -0.25) is 14.5 Å². The highest BCUT2D eigenvalue weighted by Crippen LogP contribution is 2.16. The number of amides is 2. The molecule has 16 heavy (non-hydrogen) atoms. The molecule has 1 aliphatic rings. The molecule has 2 heterocycles. The van der Waals surface area contributed by atoms with Gasteiger partial charge in [0.15, 0.2) is 0 Å². The Balaban J connectivity index is 2.12. The minimum Gasteiger partial charge on any atom is -0.358 e. The lowest BCUT2D eigenvalue weighted by Gasteiger charge is -2.11. The zero-order chi connectivity index (χ0) is 11.7. The minimum atomic E-state index is -0.480. The van der Waals surface area contributed by atoms with Gasteiger partial charge < -0.3 is 5.32 Å². The number of hydrogen-bond acceptors (Lipinski definition) is 4. The average molecular weight is 219 g/mol. The molecule has 0 bridgehead atoms. The van der Waals surface area contributed by atoms with Gasteiger partial charge in [-0.2, -0.15) is 0 Å². The van der Waals surface area contributed by atoms with Gasteiger partial charge in [-0.15, -0.1) is 0 Å². The second-order valence-electron chi connectivity index (χ2n) is 3.91. The molecule has 1 N–H and O–H groups in total. The van der Waals surface area contributed by atoms with Crippen LogP contribution in [0.2, 0.25) is 0 Å². The molecular formula is C11H13N3O2. The van der Waals surface area contributed by atoms with Gasteiger partial charge in [-0.25, -0.2) is 4.98 Å². The number of nitrogens with zero attached hydrogens (tertiary/aromatic N) is 2. The lowest BCUT2D eigenvalue weighted by Crippen LogP contribution is -2.32. The third-order valence-corrected chi connectivity index (χ3v) is 2.62. The molecule has 1 atom stereocenters. The molecule has 1 aromatic heterocycles. The number of carbonyl (C=O) groups excluding carboxylic acids is 2. The Labute approximate surface area is 93.5 Å². The van der Waals surface area contributed by atoms with Crippen molar-refractivity contribution in [3.8, 4) is 0 Å². The third-order valence-electron chi connectivity index (χ3n) is 2.62. The van der Waals surface area contributed by atoms with Crippen LogP contribution >= 0.6 is 0 Å². The van der Waals surface area contributed by atoms with Crippen molar-refractivity contribution in [2.45, 2.75) is 19.4 Å². The van der Waals surface area contributed by atoms with Crippen LogP contribution in [0.4, 0.5) is 5.82 Å². The molecule has 1 fully saturated rings. The monoisotopic (exact) mass is 219 g/mol. The molecule has 2 amide bonds. The first-order chi connectivity index (χ1) is 7.58. The topological polar surface area (TPSA) is 62.3 Å². The van der Waals surface area contributed by atoms with Crippen LogP contribution < -0.4 is 5.32 Å². The molecular weight excluding hydrogens is 206 g/mol. The van der Waals surface area contributed by atoms with Gasteiger partial charge in [0.05, 0.1) is 6.42 Å². The fourth-order valence-electron chi connectivity index (χ4n) is 1.66. The molecule has 1 aromatic rings. The van der Waals surface area contributed by atoms with E-state index in [-0.39, 0.29) is 18.2 Å². The summed E-state index contributed by atoms with van der Waals surface area (Å²) in [6.07, 6.45) is 1.87. The number of anilines is 1. The molecule has 5 nitrogen and oxygen atoms in total. The maximum atomic E-state index is 11.6. The summed E-state index contributed by atoms with van der Waals surface area (Å²) in [6.45, 7) is 1.95. The Morgan fingerprint density at radius 1 is 1.50 bits per heavy atom. The maximum Gasteiger partial charge on any atom is 0.251 e. The van der Waals surface area contributed by atoms with Gasteiger partial charge >= 0.3 is 0 Å². The number of pyridine rings is 1. The van der Waals surface area contributed by atoms with Gasteiger partial charge in [0.2, 0.25) is 5.91 Å². The second kappa shape index (κ2) is 3.92. The summed E-state index contributed by atoms with van der Waals surface area (Å²) >= 11 is 0. The van der Waals surface area contributed by atoms with Gasteiger partial charge in [-0.1, -0.05) is 0 Å². The number of nitrogens with one attached hydrogen (secondary N) is 1. The van der Waals surface area contributed by atoms with Crippen LogP contribution in [0.3, 0.4) is 0 Å². The summed E-state index contributed by atoms with van der Waals surface area (Å²) in [5, 5.41) is 2.97. The first-order valence-corrected chi connectivity index (χ1v) is 5.07. The molecule has 0 spiro atoms. The van der Waals surface area contributed by atoms with Crippen LogP contribution in [0.15, 0.2) is 18.3 Å². The molecule has 0 radical (unpaired) electrons. The number of aryl methyl sites for hydroxylation is 1. The highest BCUT2D eigenvalue weighted by Gasteiger charge is 2.35. The fourth-order valence-corrected chi connectivity index (χ4v) is 1.66. The van der Waals surface area contributed by atoms with E-state index in [0.29, 0.717) is 5.82 Å². The fraction of sp³-hybridized carbons (Fsp3) is 0.364. The first kappa shape index (κ1) is 10.6. The normalized spacial score (nSPS) is 20.4. The van der Waals surface area contributed by atoms with E-state index < -0.39 is 6.04 Å². The Morgan fingerprint density at radius 2 is 2.25 bits per heavy atom. The van der Waals surface area contributed by atoms with Crippen LogP contribution in [0, 0.1) is 6.92 Å². The largest absolute Gasteiger partial charge is 0.358 e. The zero-order valence-electron chi connectivity index (χ0n) is 9.23. The number of likely N-dealkylation sites (N-methyl/N-ethyl adjacent to an activating group) is 1. The predicted molar refractivity (Wildman–Crippen MR) is 58.8 cm³/mol. The number of likely N-dealkylation sites (tertiary alicyclic amines) is 1. The summed E-state index contributed by atoms with van der Waals surface area (Å²) in [5.41, 5.74) is 1.06.